The van der Waals surface area contributed by atoms with Gasteiger partial charge in [0.1, 0.15) is 5.58 Å². The maximum absolute atomic E-state index is 7.17. The summed E-state index contributed by atoms with van der Waals surface area (Å²) >= 11 is 0. The largest absolute Gasteiger partial charge is 0.453 e. The van der Waals surface area contributed by atoms with Gasteiger partial charge >= 0.3 is 0 Å². The molecule has 1 aromatic heterocycles. The predicted molar refractivity (Wildman–Crippen MR) is 263 cm³/mol. The highest BCUT2D eigenvalue weighted by Gasteiger charge is 2.23. The number of fused-ring (bicyclic) bond motifs is 7. The molecule has 290 valence electrons. The Bertz CT molecular complexity index is 3610. The van der Waals surface area contributed by atoms with Crippen molar-refractivity contribution in [2.24, 2.45) is 0 Å². The predicted octanol–water partition coefficient (Wildman–Crippen LogP) is 17.2. The summed E-state index contributed by atoms with van der Waals surface area (Å²) in [6, 6.07) is 85.3. The summed E-state index contributed by atoms with van der Waals surface area (Å²) in [6.45, 7) is 0. The molecule has 0 atom stereocenters. The molecule has 0 fully saturated rings. The number of rotatable bonds is 7. The van der Waals surface area contributed by atoms with Crippen molar-refractivity contribution >= 4 is 71.3 Å². The molecule has 0 N–H and O–H groups in total. The fraction of sp³-hybridized carbons (Fsp3) is 0. The quantitative estimate of drug-likeness (QED) is 0.160. The molecule has 2 nitrogen and oxygen atoms in total. The molecule has 0 unspecified atom stereocenters. The van der Waals surface area contributed by atoms with Crippen molar-refractivity contribution < 1.29 is 4.42 Å². The van der Waals surface area contributed by atoms with Crippen molar-refractivity contribution in [1.82, 2.24) is 0 Å². The third kappa shape index (κ3) is 6.04. The molecule has 0 saturated carbocycles. The Balaban J connectivity index is 1.03. The minimum absolute atomic E-state index is 0.855. The lowest BCUT2D eigenvalue weighted by molar-refractivity contribution is 0.670. The lowest BCUT2D eigenvalue weighted by atomic mass is 9.91. The molecule has 0 saturated heterocycles. The lowest BCUT2D eigenvalue weighted by Crippen LogP contribution is -2.10. The number of hydrogen-bond acceptors (Lipinski definition) is 2. The van der Waals surface area contributed by atoms with E-state index in [9.17, 15) is 0 Å². The highest BCUT2D eigenvalue weighted by molar-refractivity contribution is 6.24. The van der Waals surface area contributed by atoms with Crippen LogP contribution in [0.1, 0.15) is 0 Å². The number of nitrogens with zero attached hydrogens (tertiary/aromatic N) is 1. The molecule has 12 rings (SSSR count). The summed E-state index contributed by atoms with van der Waals surface area (Å²) in [4.78, 5) is 2.36. The fourth-order valence-corrected chi connectivity index (χ4v) is 9.45. The smallest absolute Gasteiger partial charge is 0.160 e. The molecule has 0 aliphatic carbocycles. The van der Waals surface area contributed by atoms with Crippen molar-refractivity contribution in [1.29, 1.82) is 0 Å². The van der Waals surface area contributed by atoms with Crippen LogP contribution in [0.15, 0.2) is 241 Å². The van der Waals surface area contributed by atoms with Gasteiger partial charge in [0.15, 0.2) is 5.58 Å². The normalized spacial score (nSPS) is 11.5. The Hall–Kier alpha value is -8.20. The van der Waals surface area contributed by atoms with Crippen LogP contribution in [0.25, 0.3) is 98.8 Å². The second-order valence-electron chi connectivity index (χ2n) is 16.0. The number of furan rings is 1. The van der Waals surface area contributed by atoms with E-state index in [0.717, 1.165) is 61.1 Å². The van der Waals surface area contributed by atoms with Gasteiger partial charge in [0.05, 0.1) is 5.69 Å². The van der Waals surface area contributed by atoms with Crippen LogP contribution in [-0.2, 0) is 0 Å². The van der Waals surface area contributed by atoms with Crippen LogP contribution in [-0.4, -0.2) is 0 Å². The van der Waals surface area contributed by atoms with E-state index < -0.39 is 0 Å². The first-order valence-electron chi connectivity index (χ1n) is 21.2. The van der Waals surface area contributed by atoms with Gasteiger partial charge in [-0.1, -0.05) is 200 Å². The van der Waals surface area contributed by atoms with Gasteiger partial charge in [-0.05, 0) is 108 Å². The Kier molecular flexibility index (Phi) is 8.53. The zero-order valence-corrected chi connectivity index (χ0v) is 33.9. The molecule has 12 aromatic rings. The average Bonchev–Trinajstić information content (AvgIpc) is 3.75. The summed E-state index contributed by atoms with van der Waals surface area (Å²) in [6.07, 6.45) is 0. The molecule has 0 bridgehead atoms. The first kappa shape index (κ1) is 35.7. The van der Waals surface area contributed by atoms with Gasteiger partial charge in [0, 0.05) is 27.7 Å². The van der Waals surface area contributed by atoms with Crippen LogP contribution >= 0.6 is 0 Å². The van der Waals surface area contributed by atoms with Crippen LogP contribution in [0.2, 0.25) is 0 Å². The van der Waals surface area contributed by atoms with E-state index in [-0.39, 0.29) is 0 Å². The van der Waals surface area contributed by atoms with Gasteiger partial charge in [0.2, 0.25) is 0 Å². The van der Waals surface area contributed by atoms with E-state index in [0.29, 0.717) is 0 Å². The van der Waals surface area contributed by atoms with Crippen LogP contribution in [0.4, 0.5) is 17.1 Å². The number of anilines is 3. The number of para-hydroxylation sites is 1. The summed E-state index contributed by atoms with van der Waals surface area (Å²) in [5.74, 6) is 0. The van der Waals surface area contributed by atoms with Gasteiger partial charge in [-0.2, -0.15) is 0 Å². The van der Waals surface area contributed by atoms with E-state index in [4.69, 9.17) is 4.42 Å². The van der Waals surface area contributed by atoms with Crippen LogP contribution in [0.5, 0.6) is 0 Å². The minimum atomic E-state index is 0.855. The SMILES string of the molecule is c1ccc(-c2ccc(N(c3ccc(-c4ccc(-c5ccc6ccccc6c5)c5ccccc45)cc3)c3cc4ccccc4c4c3oc3c(-c5ccccc5)cccc34)cc2)cc1. The second-order valence-corrected chi connectivity index (χ2v) is 16.0. The molecule has 62 heavy (non-hydrogen) atoms. The third-order valence-electron chi connectivity index (χ3n) is 12.4. The lowest BCUT2D eigenvalue weighted by Gasteiger charge is -2.26. The molecule has 0 radical (unpaired) electrons. The maximum atomic E-state index is 7.17. The zero-order valence-electron chi connectivity index (χ0n) is 33.9. The minimum Gasteiger partial charge on any atom is -0.453 e. The number of benzene rings is 11. The molecule has 0 amide bonds. The monoisotopic (exact) mass is 789 g/mol. The standard InChI is InChI=1S/C60H39NO/c1-3-14-40(15-4-1)42-28-32-48(33-29-42)61(57-39-46-20-9-10-21-52(46)58-56-25-13-24-53(59(56)62-60(57)58)43-17-5-2-6-18-43)49-34-30-44(31-35-49)50-36-37-51(55-23-12-11-22-54(50)55)47-27-26-41-16-7-8-19-45(41)38-47/h1-39H. The van der Waals surface area contributed by atoms with Crippen LogP contribution in [0.3, 0.4) is 0 Å². The summed E-state index contributed by atoms with van der Waals surface area (Å²) < 4.78 is 7.17. The van der Waals surface area contributed by atoms with E-state index in [1.54, 1.807) is 0 Å². The van der Waals surface area contributed by atoms with E-state index >= 15 is 0 Å². The van der Waals surface area contributed by atoms with Crippen molar-refractivity contribution in [3.05, 3.63) is 237 Å². The number of hydrogen-bond donors (Lipinski definition) is 0. The van der Waals surface area contributed by atoms with Gasteiger partial charge in [-0.3, -0.25) is 0 Å². The van der Waals surface area contributed by atoms with Crippen LogP contribution < -0.4 is 4.90 Å². The Morgan fingerprint density at radius 1 is 0.274 bits per heavy atom. The van der Waals surface area contributed by atoms with E-state index in [2.05, 4.69) is 241 Å². The molecular formula is C60H39NO. The zero-order chi connectivity index (χ0) is 41.0. The van der Waals surface area contributed by atoms with Gasteiger partial charge in [0.25, 0.3) is 0 Å². The second kappa shape index (κ2) is 14.8. The van der Waals surface area contributed by atoms with Crippen LogP contribution in [0, 0.1) is 0 Å². The molecule has 0 spiro atoms. The molecule has 0 aliphatic rings. The Labute approximate surface area is 360 Å². The van der Waals surface area contributed by atoms with E-state index in [1.165, 1.54) is 54.7 Å². The van der Waals surface area contributed by atoms with Crippen molar-refractivity contribution in [2.75, 3.05) is 4.90 Å². The van der Waals surface area contributed by atoms with Crippen molar-refractivity contribution in [3.63, 3.8) is 0 Å². The molecule has 1 heterocycles. The third-order valence-corrected chi connectivity index (χ3v) is 12.4. The van der Waals surface area contributed by atoms with Crippen molar-refractivity contribution in [3.8, 4) is 44.5 Å². The summed E-state index contributed by atoms with van der Waals surface area (Å²) in [5, 5.41) is 9.51. The fourth-order valence-electron chi connectivity index (χ4n) is 9.45. The van der Waals surface area contributed by atoms with Gasteiger partial charge in [-0.15, -0.1) is 0 Å². The Morgan fingerprint density at radius 3 is 1.47 bits per heavy atom. The van der Waals surface area contributed by atoms with E-state index in [1.807, 2.05) is 0 Å². The Morgan fingerprint density at radius 2 is 0.774 bits per heavy atom. The highest BCUT2D eigenvalue weighted by atomic mass is 16.3. The first-order chi connectivity index (χ1) is 30.7. The van der Waals surface area contributed by atoms with Gasteiger partial charge < -0.3 is 9.32 Å². The summed E-state index contributed by atoms with van der Waals surface area (Å²) in [5.41, 5.74) is 14.2. The molecule has 0 aliphatic heterocycles. The average molecular weight is 790 g/mol. The van der Waals surface area contributed by atoms with Gasteiger partial charge in [-0.25, -0.2) is 0 Å². The van der Waals surface area contributed by atoms with Crippen molar-refractivity contribution in [2.45, 2.75) is 0 Å². The highest BCUT2D eigenvalue weighted by Crippen LogP contribution is 2.48. The molecule has 2 heteroatoms. The first-order valence-corrected chi connectivity index (χ1v) is 21.2. The topological polar surface area (TPSA) is 16.4 Å². The maximum Gasteiger partial charge on any atom is 0.160 e. The summed E-state index contributed by atoms with van der Waals surface area (Å²) in [7, 11) is 0. The molecule has 11 aromatic carbocycles. The molecular weight excluding hydrogens is 751 g/mol.